The average molecular weight is 633 g/mol. The summed E-state index contributed by atoms with van der Waals surface area (Å²) in [5.74, 6) is -1.94. The number of carbonyl (C=O) groups excluding carboxylic acids is 1. The lowest BCUT2D eigenvalue weighted by molar-refractivity contribution is -0.198. The Balaban J connectivity index is 1.43. The minimum atomic E-state index is -4.88. The topological polar surface area (TPSA) is 157 Å². The Morgan fingerprint density at radius 3 is 2.55 bits per heavy atom. The third-order valence-electron chi connectivity index (χ3n) is 8.54. The second-order valence-corrected chi connectivity index (χ2v) is 11.6. The number of alkyl halides is 3. The van der Waals surface area contributed by atoms with Crippen LogP contribution < -0.4 is 26.4 Å². The van der Waals surface area contributed by atoms with E-state index < -0.39 is 30.2 Å². The number of anilines is 2. The van der Waals surface area contributed by atoms with Gasteiger partial charge in [0.05, 0.1) is 0 Å². The van der Waals surface area contributed by atoms with E-state index in [1.807, 2.05) is 11.8 Å². The Morgan fingerprint density at radius 2 is 1.91 bits per heavy atom. The molecule has 44 heavy (non-hydrogen) atoms. The van der Waals surface area contributed by atoms with Crippen molar-refractivity contribution < 1.29 is 32.6 Å². The fraction of sp³-hybridized carbons (Fsp3) is 0.400. The molecule has 234 valence electrons. The molecule has 2 aromatic carbocycles. The van der Waals surface area contributed by atoms with Gasteiger partial charge in [0.1, 0.15) is 11.9 Å². The molecule has 0 bridgehead atoms. The van der Waals surface area contributed by atoms with Crippen LogP contribution in [-0.2, 0) is 4.79 Å². The number of hydrogen-bond acceptors (Lipinski definition) is 8. The number of benzene rings is 2. The molecular weight excluding hydrogens is 601 g/mol. The van der Waals surface area contributed by atoms with Gasteiger partial charge in [-0.2, -0.15) is 23.1 Å². The van der Waals surface area contributed by atoms with Gasteiger partial charge in [0, 0.05) is 41.3 Å². The van der Waals surface area contributed by atoms with Crippen LogP contribution in [0.1, 0.15) is 54.6 Å². The van der Waals surface area contributed by atoms with Gasteiger partial charge in [0.2, 0.25) is 23.8 Å². The molecule has 14 heteroatoms. The van der Waals surface area contributed by atoms with Crippen molar-refractivity contribution in [2.75, 3.05) is 23.7 Å². The molecule has 2 aliphatic rings. The molecule has 2 aliphatic heterocycles. The highest BCUT2D eigenvalue weighted by Crippen LogP contribution is 2.46. The van der Waals surface area contributed by atoms with E-state index >= 15 is 0 Å². The number of piperidine rings is 1. The number of halogens is 4. The van der Waals surface area contributed by atoms with E-state index in [0.717, 1.165) is 6.42 Å². The summed E-state index contributed by atoms with van der Waals surface area (Å²) in [5.41, 5.74) is 11.4. The standard InChI is InChI=1S/C30H32ClF3N6O4/c1-2-22-29(15-21(37-22)27(42)43)8-10-40(11-9-29)23-14-24(39-28(36)38-23)44-25(30(32,33)34)19-7-6-18(31)13-20(19)16-4-3-5-17(12-16)26(35)41/h3-7,12-14,21-22,25,37H,2,8-11,15H2,1H3,(H2,35,41)(H,42,43)(H2,36,38,39)/t21?,22?,25-/m1/s1. The molecule has 10 nitrogen and oxygen atoms in total. The Kier molecular flexibility index (Phi) is 8.63. The third-order valence-corrected chi connectivity index (χ3v) is 8.78. The first-order chi connectivity index (χ1) is 20.8. The van der Waals surface area contributed by atoms with Crippen molar-refractivity contribution in [2.24, 2.45) is 11.1 Å². The van der Waals surface area contributed by atoms with Crippen LogP contribution in [0.25, 0.3) is 11.1 Å². The quantitative estimate of drug-likeness (QED) is 0.269. The highest BCUT2D eigenvalue weighted by molar-refractivity contribution is 6.30. The summed E-state index contributed by atoms with van der Waals surface area (Å²) in [6, 6.07) is 10.5. The molecule has 2 unspecified atom stereocenters. The van der Waals surface area contributed by atoms with E-state index in [9.17, 15) is 27.9 Å². The van der Waals surface area contributed by atoms with Crippen LogP contribution in [0.3, 0.4) is 0 Å². The zero-order valence-corrected chi connectivity index (χ0v) is 24.5. The number of nitrogens with zero attached hydrogens (tertiary/aromatic N) is 3. The first kappa shape index (κ1) is 31.3. The zero-order chi connectivity index (χ0) is 31.8. The lowest BCUT2D eigenvalue weighted by Gasteiger charge is -2.43. The van der Waals surface area contributed by atoms with Gasteiger partial charge in [0.15, 0.2) is 0 Å². The smallest absolute Gasteiger partial charge is 0.429 e. The lowest BCUT2D eigenvalue weighted by atomic mass is 9.71. The highest BCUT2D eigenvalue weighted by atomic mass is 35.5. The number of amides is 1. The van der Waals surface area contributed by atoms with Crippen LogP contribution in [0.4, 0.5) is 24.9 Å². The summed E-state index contributed by atoms with van der Waals surface area (Å²) in [4.78, 5) is 33.5. The maximum absolute atomic E-state index is 14.6. The molecule has 1 aromatic heterocycles. The van der Waals surface area contributed by atoms with Crippen LogP contribution in [0.2, 0.25) is 5.02 Å². The van der Waals surface area contributed by atoms with E-state index in [2.05, 4.69) is 15.3 Å². The number of nitrogen functional groups attached to an aromatic ring is 1. The maximum atomic E-state index is 14.6. The summed E-state index contributed by atoms with van der Waals surface area (Å²) in [7, 11) is 0. The number of carboxylic acids is 1. The fourth-order valence-corrected chi connectivity index (χ4v) is 6.57. The van der Waals surface area contributed by atoms with Crippen molar-refractivity contribution in [3.63, 3.8) is 0 Å². The number of primary amides is 1. The average Bonchev–Trinajstić information content (AvgIpc) is 3.33. The van der Waals surface area contributed by atoms with Gasteiger partial charge < -0.3 is 31.5 Å². The fourth-order valence-electron chi connectivity index (χ4n) is 6.40. The highest BCUT2D eigenvalue weighted by Gasteiger charge is 2.50. The maximum Gasteiger partial charge on any atom is 0.429 e. The van der Waals surface area contributed by atoms with E-state index in [4.69, 9.17) is 27.8 Å². The van der Waals surface area contributed by atoms with Crippen LogP contribution in [0.5, 0.6) is 5.88 Å². The summed E-state index contributed by atoms with van der Waals surface area (Å²) in [5, 5.41) is 13.0. The number of carboxylic acid groups (broad SMARTS) is 1. The molecule has 0 aliphatic carbocycles. The van der Waals surface area contributed by atoms with Crippen molar-refractivity contribution >= 4 is 35.2 Å². The van der Waals surface area contributed by atoms with Gasteiger partial charge in [-0.25, -0.2) is 0 Å². The van der Waals surface area contributed by atoms with Crippen molar-refractivity contribution in [3.8, 4) is 17.0 Å². The molecule has 1 spiro atoms. The molecule has 2 saturated heterocycles. The molecule has 1 amide bonds. The van der Waals surface area contributed by atoms with Gasteiger partial charge >= 0.3 is 12.1 Å². The second-order valence-electron chi connectivity index (χ2n) is 11.2. The van der Waals surface area contributed by atoms with E-state index in [0.29, 0.717) is 43.7 Å². The predicted octanol–water partition coefficient (Wildman–Crippen LogP) is 4.97. The first-order valence-corrected chi connectivity index (χ1v) is 14.5. The SMILES string of the molecule is CCC1NC(C(=O)O)CC12CCN(c1cc(O[C@H](c3ccc(Cl)cc3-c3cccc(C(N)=O)c3)C(F)(F)F)nc(N)n1)CC2. The van der Waals surface area contributed by atoms with Gasteiger partial charge in [-0.15, -0.1) is 0 Å². The Bertz CT molecular complexity index is 1560. The van der Waals surface area contributed by atoms with E-state index in [1.54, 1.807) is 6.07 Å². The summed E-state index contributed by atoms with van der Waals surface area (Å²) in [6.45, 7) is 3.02. The first-order valence-electron chi connectivity index (χ1n) is 14.1. The summed E-state index contributed by atoms with van der Waals surface area (Å²) in [6.07, 6.45) is -4.72. The number of carbonyl (C=O) groups is 2. The lowest BCUT2D eigenvalue weighted by Crippen LogP contribution is -2.46. The van der Waals surface area contributed by atoms with Gasteiger partial charge in [-0.3, -0.25) is 9.59 Å². The molecule has 6 N–H and O–H groups in total. The minimum absolute atomic E-state index is 0.0462. The van der Waals surface area contributed by atoms with Crippen molar-refractivity contribution in [1.82, 2.24) is 15.3 Å². The van der Waals surface area contributed by atoms with Crippen molar-refractivity contribution in [2.45, 2.75) is 57.0 Å². The Morgan fingerprint density at radius 1 is 1.18 bits per heavy atom. The number of ether oxygens (including phenoxy) is 1. The van der Waals surface area contributed by atoms with E-state index in [1.165, 1.54) is 42.5 Å². The normalized spacial score (nSPS) is 20.4. The molecule has 3 aromatic rings. The molecule has 3 atom stereocenters. The number of aliphatic carboxylic acids is 1. The Labute approximate surface area is 256 Å². The van der Waals surface area contributed by atoms with Crippen molar-refractivity contribution in [1.29, 1.82) is 0 Å². The largest absolute Gasteiger partial charge is 0.480 e. The number of aromatic nitrogens is 2. The summed E-state index contributed by atoms with van der Waals surface area (Å²) >= 11 is 6.17. The van der Waals surface area contributed by atoms with Crippen LogP contribution in [0, 0.1) is 5.41 Å². The molecular formula is C30H32ClF3N6O4. The molecule has 0 radical (unpaired) electrons. The number of nitrogens with two attached hydrogens (primary N) is 2. The predicted molar refractivity (Wildman–Crippen MR) is 158 cm³/mol. The van der Waals surface area contributed by atoms with E-state index in [-0.39, 0.29) is 45.0 Å². The van der Waals surface area contributed by atoms with Crippen molar-refractivity contribution in [3.05, 3.63) is 64.7 Å². The second kappa shape index (κ2) is 12.1. The Hall–Kier alpha value is -4.10. The summed E-state index contributed by atoms with van der Waals surface area (Å²) < 4.78 is 49.4. The van der Waals surface area contributed by atoms with Crippen LogP contribution >= 0.6 is 11.6 Å². The number of hydrogen-bond donors (Lipinski definition) is 4. The van der Waals surface area contributed by atoms with Gasteiger partial charge in [-0.05, 0) is 66.5 Å². The number of rotatable bonds is 8. The van der Waals surface area contributed by atoms with Crippen LogP contribution in [-0.4, -0.2) is 58.3 Å². The van der Waals surface area contributed by atoms with Crippen LogP contribution in [0.15, 0.2) is 48.5 Å². The molecule has 5 rings (SSSR count). The zero-order valence-electron chi connectivity index (χ0n) is 23.8. The van der Waals surface area contributed by atoms with Gasteiger partial charge in [0.25, 0.3) is 0 Å². The van der Waals surface area contributed by atoms with Gasteiger partial charge in [-0.1, -0.05) is 36.7 Å². The molecule has 3 heterocycles. The third kappa shape index (κ3) is 6.39. The number of nitrogens with one attached hydrogen (secondary N) is 1. The minimum Gasteiger partial charge on any atom is -0.480 e. The monoisotopic (exact) mass is 632 g/mol. The molecule has 2 fully saturated rings. The molecule has 0 saturated carbocycles.